The van der Waals surface area contributed by atoms with E-state index in [1.54, 1.807) is 7.11 Å². The second-order valence-corrected chi connectivity index (χ2v) is 5.43. The highest BCUT2D eigenvalue weighted by Crippen LogP contribution is 2.37. The lowest BCUT2D eigenvalue weighted by molar-refractivity contribution is -0.124. The van der Waals surface area contributed by atoms with Crippen molar-refractivity contribution in [3.05, 3.63) is 0 Å². The van der Waals surface area contributed by atoms with E-state index in [-0.39, 0.29) is 18.0 Å². The van der Waals surface area contributed by atoms with Gasteiger partial charge in [0.2, 0.25) is 5.91 Å². The van der Waals surface area contributed by atoms with E-state index in [9.17, 15) is 4.79 Å². The second-order valence-electron chi connectivity index (χ2n) is 5.43. The van der Waals surface area contributed by atoms with Gasteiger partial charge in [-0.15, -0.1) is 0 Å². The molecule has 0 aromatic carbocycles. The molecule has 2 N–H and O–H groups in total. The van der Waals surface area contributed by atoms with Gasteiger partial charge in [0.05, 0.1) is 6.04 Å². The summed E-state index contributed by atoms with van der Waals surface area (Å²) in [5.74, 6) is 1.49. The molecule has 1 heterocycles. The fourth-order valence-electron chi connectivity index (χ4n) is 3.17. The monoisotopic (exact) mass is 240 g/mol. The standard InChI is InChI=1S/C13H24N2O2/c1-9(6-7-17-2)15-13(16)12-11-5-3-4-10(11)8-14-12/h9-12,14H,3-8H2,1-2H3,(H,15,16). The molecule has 4 unspecified atom stereocenters. The van der Waals surface area contributed by atoms with Gasteiger partial charge in [-0.1, -0.05) is 6.42 Å². The van der Waals surface area contributed by atoms with Gasteiger partial charge in [0.25, 0.3) is 0 Å². The molecule has 4 heteroatoms. The summed E-state index contributed by atoms with van der Waals surface area (Å²) >= 11 is 0. The van der Waals surface area contributed by atoms with Crippen LogP contribution in [-0.4, -0.2) is 38.3 Å². The number of hydrogen-bond donors (Lipinski definition) is 2. The highest BCUT2D eigenvalue weighted by molar-refractivity contribution is 5.82. The second kappa shape index (κ2) is 5.83. The normalized spacial score (nSPS) is 33.4. The predicted molar refractivity (Wildman–Crippen MR) is 66.7 cm³/mol. The molecule has 0 aromatic heterocycles. The first-order valence-corrected chi connectivity index (χ1v) is 6.75. The quantitative estimate of drug-likeness (QED) is 0.751. The SMILES string of the molecule is COCCC(C)NC(=O)C1NCC2CCCC21. The zero-order valence-corrected chi connectivity index (χ0v) is 10.9. The van der Waals surface area contributed by atoms with E-state index in [0.717, 1.165) is 18.9 Å². The van der Waals surface area contributed by atoms with Crippen molar-refractivity contribution in [3.8, 4) is 0 Å². The highest BCUT2D eigenvalue weighted by atomic mass is 16.5. The van der Waals surface area contributed by atoms with Gasteiger partial charge in [-0.25, -0.2) is 0 Å². The fourth-order valence-corrected chi connectivity index (χ4v) is 3.17. The summed E-state index contributed by atoms with van der Waals surface area (Å²) in [6.45, 7) is 3.76. The molecule has 17 heavy (non-hydrogen) atoms. The van der Waals surface area contributed by atoms with Crippen LogP contribution in [0.5, 0.6) is 0 Å². The van der Waals surface area contributed by atoms with Crippen molar-refractivity contribution in [3.63, 3.8) is 0 Å². The first kappa shape index (κ1) is 12.8. The summed E-state index contributed by atoms with van der Waals surface area (Å²) in [4.78, 5) is 12.1. The van der Waals surface area contributed by atoms with Crippen molar-refractivity contribution in [1.82, 2.24) is 10.6 Å². The van der Waals surface area contributed by atoms with Crippen molar-refractivity contribution in [2.45, 2.75) is 44.7 Å². The van der Waals surface area contributed by atoms with Gasteiger partial charge in [-0.05, 0) is 44.6 Å². The molecule has 1 aliphatic carbocycles. The van der Waals surface area contributed by atoms with E-state index in [0.29, 0.717) is 12.5 Å². The van der Waals surface area contributed by atoms with Crippen LogP contribution in [0, 0.1) is 11.8 Å². The number of rotatable bonds is 5. The van der Waals surface area contributed by atoms with Crippen LogP contribution in [0.4, 0.5) is 0 Å². The van der Waals surface area contributed by atoms with Crippen LogP contribution in [0.1, 0.15) is 32.6 Å². The Balaban J connectivity index is 1.79. The molecule has 1 aliphatic heterocycles. The number of carbonyl (C=O) groups excluding carboxylic acids is 1. The zero-order valence-electron chi connectivity index (χ0n) is 10.9. The van der Waals surface area contributed by atoms with E-state index in [1.807, 2.05) is 6.92 Å². The van der Waals surface area contributed by atoms with Crippen molar-refractivity contribution in [2.24, 2.45) is 11.8 Å². The minimum atomic E-state index is 0.0486. The maximum Gasteiger partial charge on any atom is 0.237 e. The molecule has 0 radical (unpaired) electrons. The van der Waals surface area contributed by atoms with Crippen LogP contribution in [-0.2, 0) is 9.53 Å². The van der Waals surface area contributed by atoms with Gasteiger partial charge in [-0.2, -0.15) is 0 Å². The average molecular weight is 240 g/mol. The number of methoxy groups -OCH3 is 1. The number of fused-ring (bicyclic) bond motifs is 1. The van der Waals surface area contributed by atoms with Gasteiger partial charge in [0.1, 0.15) is 0 Å². The summed E-state index contributed by atoms with van der Waals surface area (Å²) in [6.07, 6.45) is 4.67. The van der Waals surface area contributed by atoms with Crippen LogP contribution in [0.15, 0.2) is 0 Å². The van der Waals surface area contributed by atoms with Crippen LogP contribution < -0.4 is 10.6 Å². The van der Waals surface area contributed by atoms with Gasteiger partial charge in [-0.3, -0.25) is 4.79 Å². The maximum absolute atomic E-state index is 12.1. The number of amides is 1. The number of nitrogens with one attached hydrogen (secondary N) is 2. The Labute approximate surface area is 103 Å². The fraction of sp³-hybridized carbons (Fsp3) is 0.923. The van der Waals surface area contributed by atoms with E-state index < -0.39 is 0 Å². The lowest BCUT2D eigenvalue weighted by atomic mass is 9.93. The Bertz CT molecular complexity index is 270. The van der Waals surface area contributed by atoms with E-state index in [2.05, 4.69) is 10.6 Å². The first-order chi connectivity index (χ1) is 8.22. The molecule has 0 aromatic rings. The molecule has 1 saturated heterocycles. The highest BCUT2D eigenvalue weighted by Gasteiger charge is 2.42. The zero-order chi connectivity index (χ0) is 12.3. The lowest BCUT2D eigenvalue weighted by Gasteiger charge is -2.21. The molecule has 2 aliphatic rings. The average Bonchev–Trinajstić information content (AvgIpc) is 2.87. The number of carbonyl (C=O) groups is 1. The Morgan fingerprint density at radius 3 is 3.12 bits per heavy atom. The largest absolute Gasteiger partial charge is 0.385 e. The molecule has 0 spiro atoms. The third kappa shape index (κ3) is 2.99. The summed E-state index contributed by atoms with van der Waals surface area (Å²) in [7, 11) is 1.69. The predicted octanol–water partition coefficient (Wildman–Crippen LogP) is 0.916. The van der Waals surface area contributed by atoms with Crippen LogP contribution >= 0.6 is 0 Å². The molecule has 2 rings (SSSR count). The van der Waals surface area contributed by atoms with Crippen molar-refractivity contribution in [1.29, 1.82) is 0 Å². The minimum Gasteiger partial charge on any atom is -0.385 e. The van der Waals surface area contributed by atoms with E-state index >= 15 is 0 Å². The van der Waals surface area contributed by atoms with Crippen LogP contribution in [0.2, 0.25) is 0 Å². The molecular weight excluding hydrogens is 216 g/mol. The Morgan fingerprint density at radius 2 is 2.35 bits per heavy atom. The minimum absolute atomic E-state index is 0.0486. The molecule has 4 atom stereocenters. The number of hydrogen-bond acceptors (Lipinski definition) is 3. The van der Waals surface area contributed by atoms with E-state index in [1.165, 1.54) is 19.3 Å². The summed E-state index contributed by atoms with van der Waals surface area (Å²) in [5, 5.41) is 6.46. The van der Waals surface area contributed by atoms with Gasteiger partial charge >= 0.3 is 0 Å². The maximum atomic E-state index is 12.1. The summed E-state index contributed by atoms with van der Waals surface area (Å²) in [6, 6.07) is 0.247. The van der Waals surface area contributed by atoms with Crippen LogP contribution in [0.25, 0.3) is 0 Å². The van der Waals surface area contributed by atoms with Gasteiger partial charge in [0.15, 0.2) is 0 Å². The Hall–Kier alpha value is -0.610. The van der Waals surface area contributed by atoms with Gasteiger partial charge < -0.3 is 15.4 Å². The Kier molecular flexibility index (Phi) is 4.40. The van der Waals surface area contributed by atoms with Crippen molar-refractivity contribution >= 4 is 5.91 Å². The van der Waals surface area contributed by atoms with Gasteiger partial charge in [0, 0.05) is 19.8 Å². The first-order valence-electron chi connectivity index (χ1n) is 6.75. The molecule has 4 nitrogen and oxygen atoms in total. The summed E-state index contributed by atoms with van der Waals surface area (Å²) in [5.41, 5.74) is 0. The van der Waals surface area contributed by atoms with Crippen LogP contribution in [0.3, 0.4) is 0 Å². The van der Waals surface area contributed by atoms with Crippen molar-refractivity contribution < 1.29 is 9.53 Å². The molecular formula is C13H24N2O2. The third-order valence-corrected chi connectivity index (χ3v) is 4.17. The molecule has 1 amide bonds. The molecule has 2 fully saturated rings. The summed E-state index contributed by atoms with van der Waals surface area (Å²) < 4.78 is 5.02. The topological polar surface area (TPSA) is 50.4 Å². The molecule has 0 bridgehead atoms. The molecule has 98 valence electrons. The third-order valence-electron chi connectivity index (χ3n) is 4.17. The smallest absolute Gasteiger partial charge is 0.237 e. The van der Waals surface area contributed by atoms with E-state index in [4.69, 9.17) is 4.74 Å². The molecule has 1 saturated carbocycles. The lowest BCUT2D eigenvalue weighted by Crippen LogP contribution is -2.47. The Morgan fingerprint density at radius 1 is 1.53 bits per heavy atom. The number of ether oxygens (including phenoxy) is 1. The van der Waals surface area contributed by atoms with Crippen molar-refractivity contribution in [2.75, 3.05) is 20.3 Å².